The van der Waals surface area contributed by atoms with E-state index in [9.17, 15) is 10.1 Å². The van der Waals surface area contributed by atoms with Gasteiger partial charge in [-0.05, 0) is 38.2 Å². The molecule has 1 aromatic rings. The highest BCUT2D eigenvalue weighted by molar-refractivity contribution is 5.60. The van der Waals surface area contributed by atoms with E-state index in [1.165, 1.54) is 12.8 Å². The quantitative estimate of drug-likeness (QED) is 0.666. The smallest absolute Gasteiger partial charge is 0.314 e. The van der Waals surface area contributed by atoms with Gasteiger partial charge in [-0.1, -0.05) is 0 Å². The lowest BCUT2D eigenvalue weighted by atomic mass is 10.1. The summed E-state index contributed by atoms with van der Waals surface area (Å²) in [5, 5.41) is 14.4. The summed E-state index contributed by atoms with van der Waals surface area (Å²) in [7, 11) is 0. The molecule has 1 aliphatic heterocycles. The first-order chi connectivity index (χ1) is 9.16. The van der Waals surface area contributed by atoms with Crippen LogP contribution in [-0.2, 0) is 4.74 Å². The van der Waals surface area contributed by atoms with Gasteiger partial charge in [-0.2, -0.15) is 0 Å². The molecular formula is C13H17N3O3. The van der Waals surface area contributed by atoms with E-state index in [-0.39, 0.29) is 22.8 Å². The number of nitrogens with zero attached hydrogens (tertiary/aromatic N) is 2. The fourth-order valence-electron chi connectivity index (χ4n) is 2.72. The molecule has 1 saturated heterocycles. The van der Waals surface area contributed by atoms with Crippen molar-refractivity contribution in [1.82, 2.24) is 4.98 Å². The van der Waals surface area contributed by atoms with Crippen molar-refractivity contribution in [2.75, 3.05) is 11.9 Å². The van der Waals surface area contributed by atoms with Crippen LogP contribution >= 0.6 is 0 Å². The Bertz CT molecular complexity index is 502. The zero-order valence-electron chi connectivity index (χ0n) is 10.8. The van der Waals surface area contributed by atoms with Gasteiger partial charge >= 0.3 is 5.69 Å². The largest absolute Gasteiger partial charge is 0.376 e. The maximum absolute atomic E-state index is 11.1. The summed E-state index contributed by atoms with van der Waals surface area (Å²) in [5.41, 5.74) is 0.702. The van der Waals surface area contributed by atoms with E-state index in [4.69, 9.17) is 4.74 Å². The van der Waals surface area contributed by atoms with E-state index in [0.717, 1.165) is 13.0 Å². The molecule has 0 bridgehead atoms. The van der Waals surface area contributed by atoms with Crippen LogP contribution in [-0.4, -0.2) is 28.7 Å². The van der Waals surface area contributed by atoms with Crippen molar-refractivity contribution in [3.8, 4) is 0 Å². The van der Waals surface area contributed by atoms with Gasteiger partial charge in [0.25, 0.3) is 0 Å². The predicted molar refractivity (Wildman–Crippen MR) is 70.1 cm³/mol. The molecule has 2 unspecified atom stereocenters. The second-order valence-electron chi connectivity index (χ2n) is 5.29. The van der Waals surface area contributed by atoms with Gasteiger partial charge in [0, 0.05) is 18.4 Å². The Morgan fingerprint density at radius 3 is 2.95 bits per heavy atom. The molecule has 1 aromatic heterocycles. The van der Waals surface area contributed by atoms with Crippen LogP contribution in [0.4, 0.5) is 11.5 Å². The zero-order chi connectivity index (χ0) is 13.4. The lowest BCUT2D eigenvalue weighted by molar-refractivity contribution is -0.384. The molecule has 2 fully saturated rings. The van der Waals surface area contributed by atoms with Crippen molar-refractivity contribution in [2.24, 2.45) is 5.92 Å². The average Bonchev–Trinajstić information content (AvgIpc) is 3.10. The Hall–Kier alpha value is -1.69. The molecule has 6 nitrogen and oxygen atoms in total. The van der Waals surface area contributed by atoms with Crippen LogP contribution < -0.4 is 5.32 Å². The molecule has 19 heavy (non-hydrogen) atoms. The highest BCUT2D eigenvalue weighted by Gasteiger charge is 2.41. The summed E-state index contributed by atoms with van der Waals surface area (Å²) in [5.74, 6) is 0.981. The number of anilines is 1. The summed E-state index contributed by atoms with van der Waals surface area (Å²) in [6, 6.07) is 1.80. The minimum Gasteiger partial charge on any atom is -0.376 e. The monoisotopic (exact) mass is 263 g/mol. The second-order valence-corrected chi connectivity index (χ2v) is 5.29. The standard InChI is InChI=1S/C13H17N3O3/c1-8-4-6-14-13(11(8)16(17)18)15-10-5-7-19-12(10)9-2-3-9/h4,6,9-10,12H,2-3,5,7H2,1H3,(H,14,15). The van der Waals surface area contributed by atoms with E-state index >= 15 is 0 Å². The number of nitrogens with one attached hydrogen (secondary N) is 1. The average molecular weight is 263 g/mol. The Kier molecular flexibility index (Phi) is 3.10. The normalized spacial score (nSPS) is 26.4. The first kappa shape index (κ1) is 12.3. The molecular weight excluding hydrogens is 246 g/mol. The van der Waals surface area contributed by atoms with Gasteiger partial charge < -0.3 is 10.1 Å². The van der Waals surface area contributed by atoms with Crippen molar-refractivity contribution >= 4 is 11.5 Å². The van der Waals surface area contributed by atoms with Crippen molar-refractivity contribution < 1.29 is 9.66 Å². The van der Waals surface area contributed by atoms with Crippen LogP contribution in [0.25, 0.3) is 0 Å². The molecule has 102 valence electrons. The predicted octanol–water partition coefficient (Wildman–Crippen LogP) is 2.28. The van der Waals surface area contributed by atoms with Gasteiger partial charge in [-0.15, -0.1) is 0 Å². The van der Waals surface area contributed by atoms with E-state index in [2.05, 4.69) is 10.3 Å². The van der Waals surface area contributed by atoms with Crippen molar-refractivity contribution in [3.63, 3.8) is 0 Å². The van der Waals surface area contributed by atoms with Crippen LogP contribution in [0, 0.1) is 23.0 Å². The molecule has 0 aromatic carbocycles. The Balaban J connectivity index is 1.82. The van der Waals surface area contributed by atoms with Gasteiger partial charge in [0.1, 0.15) is 0 Å². The van der Waals surface area contributed by atoms with Crippen LogP contribution in [0.2, 0.25) is 0 Å². The summed E-state index contributed by atoms with van der Waals surface area (Å²) >= 11 is 0. The van der Waals surface area contributed by atoms with Gasteiger partial charge in [0.2, 0.25) is 5.82 Å². The summed E-state index contributed by atoms with van der Waals surface area (Å²) in [6.45, 7) is 2.45. The molecule has 2 atom stereocenters. The van der Waals surface area contributed by atoms with Crippen molar-refractivity contribution in [3.05, 3.63) is 27.9 Å². The number of hydrogen-bond donors (Lipinski definition) is 1. The first-order valence-electron chi connectivity index (χ1n) is 6.65. The number of pyridine rings is 1. The topological polar surface area (TPSA) is 77.3 Å². The fourth-order valence-corrected chi connectivity index (χ4v) is 2.72. The van der Waals surface area contributed by atoms with Crippen LogP contribution in [0.15, 0.2) is 12.3 Å². The Morgan fingerprint density at radius 1 is 1.47 bits per heavy atom. The molecule has 0 spiro atoms. The third kappa shape index (κ3) is 2.40. The van der Waals surface area contributed by atoms with Crippen molar-refractivity contribution in [2.45, 2.75) is 38.3 Å². The van der Waals surface area contributed by atoms with Crippen LogP contribution in [0.1, 0.15) is 24.8 Å². The molecule has 6 heteroatoms. The molecule has 1 aliphatic carbocycles. The minimum atomic E-state index is -0.368. The Morgan fingerprint density at radius 2 is 2.26 bits per heavy atom. The fraction of sp³-hybridized carbons (Fsp3) is 0.615. The van der Waals surface area contributed by atoms with Gasteiger partial charge in [0.15, 0.2) is 0 Å². The summed E-state index contributed by atoms with van der Waals surface area (Å²) in [4.78, 5) is 14.9. The van der Waals surface area contributed by atoms with E-state index in [1.54, 1.807) is 19.2 Å². The van der Waals surface area contributed by atoms with E-state index < -0.39 is 0 Å². The van der Waals surface area contributed by atoms with E-state index in [1.807, 2.05) is 0 Å². The molecule has 0 amide bonds. The number of rotatable bonds is 4. The number of aryl methyl sites for hydroxylation is 1. The summed E-state index contributed by atoms with van der Waals surface area (Å²) < 4.78 is 5.73. The van der Waals surface area contributed by atoms with Gasteiger partial charge in [-0.3, -0.25) is 10.1 Å². The lowest BCUT2D eigenvalue weighted by Gasteiger charge is -2.20. The molecule has 0 radical (unpaired) electrons. The lowest BCUT2D eigenvalue weighted by Crippen LogP contribution is -2.31. The third-order valence-electron chi connectivity index (χ3n) is 3.85. The summed E-state index contributed by atoms with van der Waals surface area (Å²) in [6.07, 6.45) is 5.07. The molecule has 1 N–H and O–H groups in total. The first-order valence-corrected chi connectivity index (χ1v) is 6.65. The Labute approximate surface area is 111 Å². The highest BCUT2D eigenvalue weighted by Crippen LogP contribution is 2.40. The van der Waals surface area contributed by atoms with Crippen LogP contribution in [0.5, 0.6) is 0 Å². The van der Waals surface area contributed by atoms with Gasteiger partial charge in [0.05, 0.1) is 17.1 Å². The second kappa shape index (κ2) is 4.77. The number of nitro groups is 1. The maximum Gasteiger partial charge on any atom is 0.314 e. The van der Waals surface area contributed by atoms with Crippen molar-refractivity contribution in [1.29, 1.82) is 0 Å². The molecule has 3 rings (SSSR count). The molecule has 2 heterocycles. The van der Waals surface area contributed by atoms with E-state index in [0.29, 0.717) is 17.3 Å². The zero-order valence-corrected chi connectivity index (χ0v) is 10.8. The van der Waals surface area contributed by atoms with Gasteiger partial charge in [-0.25, -0.2) is 4.98 Å². The SMILES string of the molecule is Cc1ccnc(NC2CCOC2C2CC2)c1[N+](=O)[O-]. The maximum atomic E-state index is 11.1. The molecule has 1 saturated carbocycles. The molecule has 2 aliphatic rings. The number of ether oxygens (including phenoxy) is 1. The minimum absolute atomic E-state index is 0.0731. The van der Waals surface area contributed by atoms with Crippen LogP contribution in [0.3, 0.4) is 0 Å². The number of aromatic nitrogens is 1. The number of hydrogen-bond acceptors (Lipinski definition) is 5. The highest BCUT2D eigenvalue weighted by atomic mass is 16.6. The third-order valence-corrected chi connectivity index (χ3v) is 3.85.